The summed E-state index contributed by atoms with van der Waals surface area (Å²) in [6, 6.07) is 0. The Morgan fingerprint density at radius 1 is 0.345 bits per heavy atom. The third kappa shape index (κ3) is 25.9. The lowest BCUT2D eigenvalue weighted by molar-refractivity contribution is 0.314. The van der Waals surface area contributed by atoms with Gasteiger partial charge in [-0.25, -0.2) is 0 Å². The topological polar surface area (TPSA) is 6.48 Å². The summed E-state index contributed by atoms with van der Waals surface area (Å²) in [7, 11) is 6.68. The van der Waals surface area contributed by atoms with Gasteiger partial charge in [-0.15, -0.1) is 0 Å². The standard InChI is InChI=1S/C27H58N2/c1-5-6-7-8-9-10-14-17-20-23-26-29(4)27-24-21-18-15-12-11-13-16-19-22-25-28(2)3/h5-27H2,1-4H3. The van der Waals surface area contributed by atoms with Crippen LogP contribution in [0.2, 0.25) is 0 Å². The summed E-state index contributed by atoms with van der Waals surface area (Å²) in [5.74, 6) is 0. The molecule has 0 saturated heterocycles. The predicted octanol–water partition coefficient (Wildman–Crippen LogP) is 8.30. The van der Waals surface area contributed by atoms with Crippen LogP contribution in [0.1, 0.15) is 135 Å². The second-order valence-electron chi connectivity index (χ2n) is 9.82. The molecule has 0 aliphatic carbocycles. The van der Waals surface area contributed by atoms with Gasteiger partial charge in [0.1, 0.15) is 0 Å². The maximum atomic E-state index is 2.57. The maximum Gasteiger partial charge on any atom is -0.00218 e. The molecule has 0 radical (unpaired) electrons. The fourth-order valence-electron chi connectivity index (χ4n) is 4.20. The molecule has 0 saturated carbocycles. The van der Waals surface area contributed by atoms with E-state index in [1.165, 1.54) is 148 Å². The molecule has 0 spiro atoms. The second-order valence-corrected chi connectivity index (χ2v) is 9.82. The van der Waals surface area contributed by atoms with Crippen LogP contribution in [0.25, 0.3) is 0 Å². The Balaban J connectivity index is 3.14. The first-order valence-electron chi connectivity index (χ1n) is 13.5. The zero-order valence-electron chi connectivity index (χ0n) is 21.2. The monoisotopic (exact) mass is 410 g/mol. The van der Waals surface area contributed by atoms with E-state index in [2.05, 4.69) is 37.9 Å². The Bertz CT molecular complexity index is 290. The first kappa shape index (κ1) is 28.9. The van der Waals surface area contributed by atoms with Crippen molar-refractivity contribution >= 4 is 0 Å². The van der Waals surface area contributed by atoms with E-state index in [0.29, 0.717) is 0 Å². The molecule has 0 heterocycles. The smallest absolute Gasteiger partial charge is 0.00218 e. The normalized spacial score (nSPS) is 11.8. The largest absolute Gasteiger partial charge is 0.309 e. The molecule has 2 heteroatoms. The Morgan fingerprint density at radius 3 is 0.931 bits per heavy atom. The summed E-state index contributed by atoms with van der Waals surface area (Å²) in [6.07, 6.45) is 28.8. The molecule has 0 rings (SSSR count). The first-order valence-corrected chi connectivity index (χ1v) is 13.5. The van der Waals surface area contributed by atoms with Crippen LogP contribution in [0, 0.1) is 0 Å². The van der Waals surface area contributed by atoms with Crippen molar-refractivity contribution < 1.29 is 0 Å². The predicted molar refractivity (Wildman–Crippen MR) is 134 cm³/mol. The third-order valence-corrected chi connectivity index (χ3v) is 6.29. The minimum Gasteiger partial charge on any atom is -0.309 e. The van der Waals surface area contributed by atoms with Crippen molar-refractivity contribution in [3.63, 3.8) is 0 Å². The third-order valence-electron chi connectivity index (χ3n) is 6.29. The molecule has 0 aromatic heterocycles. The molecule has 176 valence electrons. The SMILES string of the molecule is CCCCCCCCCCCCN(C)CCCCCCCCCCCCN(C)C. The van der Waals surface area contributed by atoms with Gasteiger partial charge < -0.3 is 9.80 Å². The van der Waals surface area contributed by atoms with Crippen molar-refractivity contribution in [1.82, 2.24) is 9.80 Å². The molecule has 0 aliphatic heterocycles. The Morgan fingerprint density at radius 2 is 0.621 bits per heavy atom. The fraction of sp³-hybridized carbons (Fsp3) is 1.00. The van der Waals surface area contributed by atoms with E-state index in [1.807, 2.05) is 0 Å². The average Bonchev–Trinajstić information content (AvgIpc) is 2.70. The molecule has 2 nitrogen and oxygen atoms in total. The number of unbranched alkanes of at least 4 members (excludes halogenated alkanes) is 18. The Hall–Kier alpha value is -0.0800. The molecule has 0 fully saturated rings. The molecule has 0 unspecified atom stereocenters. The van der Waals surface area contributed by atoms with E-state index in [0.717, 1.165) is 0 Å². The summed E-state index contributed by atoms with van der Waals surface area (Å²) in [4.78, 5) is 4.87. The second kappa shape index (κ2) is 24.2. The van der Waals surface area contributed by atoms with Crippen LogP contribution in [-0.2, 0) is 0 Å². The van der Waals surface area contributed by atoms with E-state index in [4.69, 9.17) is 0 Å². The van der Waals surface area contributed by atoms with Crippen molar-refractivity contribution in [3.05, 3.63) is 0 Å². The van der Waals surface area contributed by atoms with E-state index in [1.54, 1.807) is 0 Å². The quantitative estimate of drug-likeness (QED) is 0.148. The van der Waals surface area contributed by atoms with Crippen LogP contribution in [0.15, 0.2) is 0 Å². The van der Waals surface area contributed by atoms with Crippen molar-refractivity contribution in [1.29, 1.82) is 0 Å². The zero-order valence-corrected chi connectivity index (χ0v) is 21.2. The van der Waals surface area contributed by atoms with Gasteiger partial charge in [-0.3, -0.25) is 0 Å². The van der Waals surface area contributed by atoms with Crippen LogP contribution in [0.5, 0.6) is 0 Å². The summed E-state index contributed by atoms with van der Waals surface area (Å²) >= 11 is 0. The molecule has 29 heavy (non-hydrogen) atoms. The van der Waals surface area contributed by atoms with E-state index >= 15 is 0 Å². The van der Waals surface area contributed by atoms with Gasteiger partial charge in [-0.2, -0.15) is 0 Å². The number of hydrogen-bond donors (Lipinski definition) is 0. The molecule has 0 atom stereocenters. The highest BCUT2D eigenvalue weighted by Gasteiger charge is 1.99. The maximum absolute atomic E-state index is 2.57. The van der Waals surface area contributed by atoms with Gasteiger partial charge in [0.15, 0.2) is 0 Å². The molecule has 0 aliphatic rings. The molecule has 0 aromatic rings. The molecule has 0 N–H and O–H groups in total. The lowest BCUT2D eigenvalue weighted by Gasteiger charge is -2.16. The van der Waals surface area contributed by atoms with Crippen LogP contribution in [-0.4, -0.2) is 50.6 Å². The highest BCUT2D eigenvalue weighted by molar-refractivity contribution is 4.55. The molecular formula is C27H58N2. The van der Waals surface area contributed by atoms with Crippen LogP contribution in [0.4, 0.5) is 0 Å². The van der Waals surface area contributed by atoms with Gasteiger partial charge in [-0.1, -0.05) is 116 Å². The Labute approximate surface area is 186 Å². The van der Waals surface area contributed by atoms with Crippen molar-refractivity contribution in [2.24, 2.45) is 0 Å². The average molecular weight is 411 g/mol. The molecular weight excluding hydrogens is 352 g/mol. The van der Waals surface area contributed by atoms with Crippen molar-refractivity contribution in [2.75, 3.05) is 40.8 Å². The minimum atomic E-state index is 1.26. The van der Waals surface area contributed by atoms with E-state index in [9.17, 15) is 0 Å². The van der Waals surface area contributed by atoms with Crippen molar-refractivity contribution in [3.8, 4) is 0 Å². The van der Waals surface area contributed by atoms with E-state index in [-0.39, 0.29) is 0 Å². The van der Waals surface area contributed by atoms with Gasteiger partial charge >= 0.3 is 0 Å². The van der Waals surface area contributed by atoms with Gasteiger partial charge in [0.2, 0.25) is 0 Å². The highest BCUT2D eigenvalue weighted by Crippen LogP contribution is 2.12. The van der Waals surface area contributed by atoms with Gasteiger partial charge in [0.05, 0.1) is 0 Å². The molecule has 0 aromatic carbocycles. The summed E-state index contributed by atoms with van der Waals surface area (Å²) in [5.41, 5.74) is 0. The lowest BCUT2D eigenvalue weighted by atomic mass is 10.1. The number of rotatable bonds is 24. The van der Waals surface area contributed by atoms with Crippen molar-refractivity contribution in [2.45, 2.75) is 135 Å². The summed E-state index contributed by atoms with van der Waals surface area (Å²) < 4.78 is 0. The highest BCUT2D eigenvalue weighted by atomic mass is 15.1. The first-order chi connectivity index (χ1) is 14.2. The molecule has 0 amide bonds. The zero-order chi connectivity index (χ0) is 21.4. The number of nitrogens with zero attached hydrogens (tertiary/aromatic N) is 2. The summed E-state index contributed by atoms with van der Waals surface area (Å²) in [5, 5.41) is 0. The van der Waals surface area contributed by atoms with Gasteiger partial charge in [-0.05, 0) is 60.0 Å². The minimum absolute atomic E-state index is 1.26. The fourth-order valence-corrected chi connectivity index (χ4v) is 4.20. The van der Waals surface area contributed by atoms with Crippen LogP contribution >= 0.6 is 0 Å². The van der Waals surface area contributed by atoms with Gasteiger partial charge in [0, 0.05) is 0 Å². The van der Waals surface area contributed by atoms with Crippen LogP contribution in [0.3, 0.4) is 0 Å². The Kier molecular flexibility index (Phi) is 24.1. The number of hydrogen-bond acceptors (Lipinski definition) is 2. The van der Waals surface area contributed by atoms with Crippen LogP contribution < -0.4 is 0 Å². The van der Waals surface area contributed by atoms with Gasteiger partial charge in [0.25, 0.3) is 0 Å². The van der Waals surface area contributed by atoms with E-state index < -0.39 is 0 Å². The lowest BCUT2D eigenvalue weighted by Crippen LogP contribution is -2.20. The summed E-state index contributed by atoms with van der Waals surface area (Å²) in [6.45, 7) is 6.18. The molecule has 0 bridgehead atoms.